The molecule has 0 bridgehead atoms. The number of nitrogens with one attached hydrogen (secondary N) is 1. The monoisotopic (exact) mass is 357 g/mol. The van der Waals surface area contributed by atoms with Crippen LogP contribution in [0.2, 0.25) is 5.02 Å². The summed E-state index contributed by atoms with van der Waals surface area (Å²) in [5, 5.41) is 12.7. The fraction of sp³-hybridized carbons (Fsp3) is 0.105. The first-order valence-corrected chi connectivity index (χ1v) is 7.98. The molecule has 0 saturated carbocycles. The third-order valence-corrected chi connectivity index (χ3v) is 3.79. The third kappa shape index (κ3) is 4.14. The first-order valence-electron chi connectivity index (χ1n) is 7.60. The number of para-hydroxylation sites is 1. The van der Waals surface area contributed by atoms with Crippen molar-refractivity contribution in [3.8, 4) is 11.5 Å². The number of phenols is 1. The summed E-state index contributed by atoms with van der Waals surface area (Å²) in [6.07, 6.45) is 0. The standard InChI is InChI=1S/C19H16ClNO4/c1-12-4-2-3-5-17(12)24-11-14-7-9-18(25-14)19(23)21-15-10-13(20)6-8-16(15)22/h2-10,22H,11H2,1H3,(H,21,23). The maximum Gasteiger partial charge on any atom is 0.291 e. The zero-order chi connectivity index (χ0) is 17.8. The fourth-order valence-corrected chi connectivity index (χ4v) is 2.41. The fourth-order valence-electron chi connectivity index (χ4n) is 2.24. The quantitative estimate of drug-likeness (QED) is 0.645. The molecule has 1 amide bonds. The molecule has 5 nitrogen and oxygen atoms in total. The highest BCUT2D eigenvalue weighted by molar-refractivity contribution is 6.31. The number of carbonyl (C=O) groups excluding carboxylic acids is 1. The van der Waals surface area contributed by atoms with Crippen LogP contribution in [0.15, 0.2) is 59.0 Å². The maximum atomic E-state index is 12.2. The Morgan fingerprint density at radius 2 is 2.00 bits per heavy atom. The van der Waals surface area contributed by atoms with E-state index >= 15 is 0 Å². The number of halogens is 1. The van der Waals surface area contributed by atoms with E-state index in [1.165, 1.54) is 18.2 Å². The molecule has 0 unspecified atom stereocenters. The van der Waals surface area contributed by atoms with E-state index in [2.05, 4.69) is 5.32 Å². The van der Waals surface area contributed by atoms with Crippen molar-refractivity contribution in [1.82, 2.24) is 0 Å². The van der Waals surface area contributed by atoms with Crippen molar-refractivity contribution >= 4 is 23.2 Å². The van der Waals surface area contributed by atoms with Gasteiger partial charge in [0.25, 0.3) is 5.91 Å². The van der Waals surface area contributed by atoms with Crippen molar-refractivity contribution in [1.29, 1.82) is 0 Å². The van der Waals surface area contributed by atoms with E-state index < -0.39 is 5.91 Å². The van der Waals surface area contributed by atoms with Crippen molar-refractivity contribution in [3.63, 3.8) is 0 Å². The number of amides is 1. The molecule has 0 saturated heterocycles. The summed E-state index contributed by atoms with van der Waals surface area (Å²) in [5.41, 5.74) is 1.23. The van der Waals surface area contributed by atoms with Crippen molar-refractivity contribution in [3.05, 3.63) is 76.7 Å². The third-order valence-electron chi connectivity index (χ3n) is 3.56. The Morgan fingerprint density at radius 3 is 2.80 bits per heavy atom. The normalized spacial score (nSPS) is 10.5. The Bertz CT molecular complexity index is 904. The summed E-state index contributed by atoms with van der Waals surface area (Å²) in [5.74, 6) is 0.826. The molecule has 1 heterocycles. The molecule has 0 radical (unpaired) electrons. The van der Waals surface area contributed by atoms with Crippen molar-refractivity contribution in [2.75, 3.05) is 5.32 Å². The highest BCUT2D eigenvalue weighted by Crippen LogP contribution is 2.27. The van der Waals surface area contributed by atoms with Gasteiger partial charge in [0.05, 0.1) is 5.69 Å². The highest BCUT2D eigenvalue weighted by Gasteiger charge is 2.14. The average molecular weight is 358 g/mol. The van der Waals surface area contributed by atoms with Gasteiger partial charge in [0.2, 0.25) is 0 Å². The second kappa shape index (κ2) is 7.32. The van der Waals surface area contributed by atoms with Crippen LogP contribution in [0, 0.1) is 6.92 Å². The molecule has 6 heteroatoms. The number of aromatic hydroxyl groups is 1. The summed E-state index contributed by atoms with van der Waals surface area (Å²) in [6.45, 7) is 2.16. The van der Waals surface area contributed by atoms with Gasteiger partial charge in [-0.15, -0.1) is 0 Å². The van der Waals surface area contributed by atoms with E-state index in [-0.39, 0.29) is 23.8 Å². The summed E-state index contributed by atoms with van der Waals surface area (Å²) >= 11 is 5.86. The van der Waals surface area contributed by atoms with Crippen LogP contribution in [0.4, 0.5) is 5.69 Å². The average Bonchev–Trinajstić information content (AvgIpc) is 3.06. The van der Waals surface area contributed by atoms with Gasteiger partial charge in [0, 0.05) is 5.02 Å². The summed E-state index contributed by atoms with van der Waals surface area (Å²) in [6, 6.07) is 15.3. The van der Waals surface area contributed by atoms with Crippen molar-refractivity contribution < 1.29 is 19.1 Å². The lowest BCUT2D eigenvalue weighted by Gasteiger charge is -2.07. The van der Waals surface area contributed by atoms with Crippen LogP contribution in [0.5, 0.6) is 11.5 Å². The summed E-state index contributed by atoms with van der Waals surface area (Å²) < 4.78 is 11.2. The number of carbonyl (C=O) groups is 1. The van der Waals surface area contributed by atoms with Crippen LogP contribution in [-0.4, -0.2) is 11.0 Å². The first-order chi connectivity index (χ1) is 12.0. The van der Waals surface area contributed by atoms with Crippen LogP contribution in [0.3, 0.4) is 0 Å². The molecule has 0 aliphatic rings. The summed E-state index contributed by atoms with van der Waals surface area (Å²) in [7, 11) is 0. The van der Waals surface area contributed by atoms with Gasteiger partial charge in [-0.25, -0.2) is 0 Å². The number of anilines is 1. The number of aryl methyl sites for hydroxylation is 1. The van der Waals surface area contributed by atoms with Gasteiger partial charge < -0.3 is 19.6 Å². The number of benzene rings is 2. The molecule has 1 aromatic heterocycles. The lowest BCUT2D eigenvalue weighted by atomic mass is 10.2. The lowest BCUT2D eigenvalue weighted by molar-refractivity contribution is 0.0992. The van der Waals surface area contributed by atoms with Crippen LogP contribution in [0.1, 0.15) is 21.9 Å². The Labute approximate surface area is 149 Å². The zero-order valence-electron chi connectivity index (χ0n) is 13.5. The van der Waals surface area contributed by atoms with Crippen molar-refractivity contribution in [2.24, 2.45) is 0 Å². The van der Waals surface area contributed by atoms with Crippen LogP contribution in [0.25, 0.3) is 0 Å². The Kier molecular flexibility index (Phi) is 4.95. The lowest BCUT2D eigenvalue weighted by Crippen LogP contribution is -2.11. The largest absolute Gasteiger partial charge is 0.506 e. The zero-order valence-corrected chi connectivity index (χ0v) is 14.2. The highest BCUT2D eigenvalue weighted by atomic mass is 35.5. The second-order valence-corrected chi connectivity index (χ2v) is 5.87. The topological polar surface area (TPSA) is 71.7 Å². The van der Waals surface area contributed by atoms with Gasteiger partial charge in [-0.3, -0.25) is 4.79 Å². The molecular formula is C19H16ClNO4. The molecule has 3 rings (SSSR count). The SMILES string of the molecule is Cc1ccccc1OCc1ccc(C(=O)Nc2cc(Cl)ccc2O)o1. The van der Waals surface area contributed by atoms with Gasteiger partial charge >= 0.3 is 0 Å². The number of hydrogen-bond acceptors (Lipinski definition) is 4. The molecule has 0 aliphatic heterocycles. The number of hydrogen-bond donors (Lipinski definition) is 2. The smallest absolute Gasteiger partial charge is 0.291 e. The maximum absolute atomic E-state index is 12.2. The molecule has 3 aromatic rings. The second-order valence-electron chi connectivity index (χ2n) is 5.44. The number of furan rings is 1. The van der Waals surface area contributed by atoms with E-state index in [1.807, 2.05) is 31.2 Å². The molecule has 25 heavy (non-hydrogen) atoms. The molecule has 0 fully saturated rings. The Morgan fingerprint density at radius 1 is 1.20 bits per heavy atom. The van der Waals surface area contributed by atoms with Crippen LogP contribution in [-0.2, 0) is 6.61 Å². The van der Waals surface area contributed by atoms with E-state index in [4.69, 9.17) is 20.8 Å². The molecule has 0 aliphatic carbocycles. The van der Waals surface area contributed by atoms with E-state index in [1.54, 1.807) is 12.1 Å². The van der Waals surface area contributed by atoms with Crippen LogP contribution >= 0.6 is 11.6 Å². The van der Waals surface area contributed by atoms with Crippen molar-refractivity contribution in [2.45, 2.75) is 13.5 Å². The molecule has 0 spiro atoms. The Balaban J connectivity index is 1.65. The molecule has 2 N–H and O–H groups in total. The Hall–Kier alpha value is -2.92. The number of phenolic OH excluding ortho intramolecular Hbond substituents is 1. The van der Waals surface area contributed by atoms with Gasteiger partial charge in [-0.2, -0.15) is 0 Å². The number of ether oxygens (including phenoxy) is 1. The number of rotatable bonds is 5. The van der Waals surface area contributed by atoms with Gasteiger partial charge in [-0.1, -0.05) is 29.8 Å². The van der Waals surface area contributed by atoms with Crippen LogP contribution < -0.4 is 10.1 Å². The predicted octanol–water partition coefficient (Wildman–Crippen LogP) is 4.78. The minimum atomic E-state index is -0.486. The first kappa shape index (κ1) is 16.9. The molecule has 128 valence electrons. The molecule has 0 atom stereocenters. The predicted molar refractivity (Wildman–Crippen MR) is 95.3 cm³/mol. The van der Waals surface area contributed by atoms with Gasteiger partial charge in [0.15, 0.2) is 5.76 Å². The van der Waals surface area contributed by atoms with E-state index in [0.29, 0.717) is 10.8 Å². The molecular weight excluding hydrogens is 342 g/mol. The van der Waals surface area contributed by atoms with E-state index in [9.17, 15) is 9.90 Å². The minimum Gasteiger partial charge on any atom is -0.506 e. The van der Waals surface area contributed by atoms with Gasteiger partial charge in [0.1, 0.15) is 23.9 Å². The van der Waals surface area contributed by atoms with E-state index in [0.717, 1.165) is 11.3 Å². The minimum absolute atomic E-state index is 0.0765. The molecule has 2 aromatic carbocycles. The summed E-state index contributed by atoms with van der Waals surface area (Å²) in [4.78, 5) is 12.2. The van der Waals surface area contributed by atoms with Gasteiger partial charge in [-0.05, 0) is 48.9 Å².